The quantitative estimate of drug-likeness (QED) is 0.320. The van der Waals surface area contributed by atoms with Gasteiger partial charge in [0.25, 0.3) is 10.0 Å². The maximum Gasteiger partial charge on any atom is 0.264 e. The second-order valence-electron chi connectivity index (χ2n) is 9.63. The first-order valence-electron chi connectivity index (χ1n) is 13.5. The molecule has 0 aliphatic rings. The molecular formula is C31H39N3O6S. The Morgan fingerprint density at radius 2 is 1.56 bits per heavy atom. The molecular weight excluding hydrogens is 542 g/mol. The van der Waals surface area contributed by atoms with Gasteiger partial charge in [0.15, 0.2) is 11.5 Å². The van der Waals surface area contributed by atoms with Gasteiger partial charge in [0, 0.05) is 19.2 Å². The molecule has 0 spiro atoms. The third-order valence-electron chi connectivity index (χ3n) is 6.88. The molecule has 1 unspecified atom stereocenters. The molecule has 0 aliphatic heterocycles. The Morgan fingerprint density at radius 1 is 0.902 bits per heavy atom. The molecule has 0 aliphatic carbocycles. The lowest BCUT2D eigenvalue weighted by Gasteiger charge is -2.33. The van der Waals surface area contributed by atoms with Crippen LogP contribution in [0.2, 0.25) is 0 Å². The highest BCUT2D eigenvalue weighted by Crippen LogP contribution is 2.32. The Balaban J connectivity index is 2.10. The van der Waals surface area contributed by atoms with Crippen molar-refractivity contribution < 1.29 is 27.5 Å². The molecule has 3 rings (SSSR count). The fourth-order valence-corrected chi connectivity index (χ4v) is 5.96. The molecule has 10 heteroatoms. The fourth-order valence-electron chi connectivity index (χ4n) is 4.53. The summed E-state index contributed by atoms with van der Waals surface area (Å²) in [7, 11) is -1.36. The van der Waals surface area contributed by atoms with Gasteiger partial charge in [-0.2, -0.15) is 0 Å². The van der Waals surface area contributed by atoms with Gasteiger partial charge >= 0.3 is 0 Å². The molecule has 41 heavy (non-hydrogen) atoms. The van der Waals surface area contributed by atoms with E-state index in [1.807, 2.05) is 52.0 Å². The van der Waals surface area contributed by atoms with Crippen LogP contribution in [0.3, 0.4) is 0 Å². The van der Waals surface area contributed by atoms with Crippen LogP contribution < -0.4 is 19.1 Å². The normalized spacial score (nSPS) is 11.9. The third-order valence-corrected chi connectivity index (χ3v) is 8.65. The van der Waals surface area contributed by atoms with E-state index >= 15 is 0 Å². The fraction of sp³-hybridized carbons (Fsp3) is 0.355. The predicted molar refractivity (Wildman–Crippen MR) is 160 cm³/mol. The molecule has 0 bridgehead atoms. The minimum Gasteiger partial charge on any atom is -0.493 e. The number of likely N-dealkylation sites (N-methyl/N-ethyl adjacent to an activating group) is 1. The monoisotopic (exact) mass is 581 g/mol. The van der Waals surface area contributed by atoms with Crippen LogP contribution in [0.15, 0.2) is 71.6 Å². The summed E-state index contributed by atoms with van der Waals surface area (Å²) >= 11 is 0. The molecule has 1 atom stereocenters. The number of hydrogen-bond donors (Lipinski definition) is 1. The Morgan fingerprint density at radius 3 is 2.15 bits per heavy atom. The van der Waals surface area contributed by atoms with Gasteiger partial charge in [-0.05, 0) is 62.6 Å². The summed E-state index contributed by atoms with van der Waals surface area (Å²) in [5.41, 5.74) is 3.09. The van der Waals surface area contributed by atoms with Crippen molar-refractivity contribution in [3.05, 3.63) is 83.4 Å². The summed E-state index contributed by atoms with van der Waals surface area (Å²) in [6.45, 7) is 7.52. The summed E-state index contributed by atoms with van der Waals surface area (Å²) < 4.78 is 39.9. The maximum atomic E-state index is 14.1. The number of aryl methyl sites for hydroxylation is 2. The van der Waals surface area contributed by atoms with Crippen molar-refractivity contribution in [1.82, 2.24) is 10.2 Å². The van der Waals surface area contributed by atoms with Crippen molar-refractivity contribution in [1.29, 1.82) is 0 Å². The van der Waals surface area contributed by atoms with Crippen LogP contribution in [0, 0.1) is 13.8 Å². The van der Waals surface area contributed by atoms with Crippen molar-refractivity contribution in [3.8, 4) is 11.5 Å². The first-order valence-corrected chi connectivity index (χ1v) is 14.9. The molecule has 0 saturated carbocycles. The van der Waals surface area contributed by atoms with Crippen molar-refractivity contribution in [3.63, 3.8) is 0 Å². The number of sulfonamides is 1. The van der Waals surface area contributed by atoms with Gasteiger partial charge in [-0.15, -0.1) is 0 Å². The standard InChI is InChI=1S/C31H39N3O6S/c1-7-27(31(36)32-8-2)33(20-24-12-10-9-11-23(24)4)30(35)21-34(25-15-13-22(3)14-16-25)41(37,38)26-17-18-28(39-5)29(19-26)40-6/h9-19,27H,7-8,20-21H2,1-6H3,(H,32,36). The largest absolute Gasteiger partial charge is 0.493 e. The number of rotatable bonds is 13. The van der Waals surface area contributed by atoms with Crippen molar-refractivity contribution in [2.45, 2.75) is 51.6 Å². The number of carbonyl (C=O) groups is 2. The topological polar surface area (TPSA) is 105 Å². The lowest BCUT2D eigenvalue weighted by Crippen LogP contribution is -2.52. The van der Waals surface area contributed by atoms with E-state index < -0.39 is 28.5 Å². The highest BCUT2D eigenvalue weighted by molar-refractivity contribution is 7.92. The Hall–Kier alpha value is -4.05. The Bertz CT molecular complexity index is 1460. The van der Waals surface area contributed by atoms with E-state index in [0.717, 1.165) is 21.0 Å². The molecule has 0 radical (unpaired) electrons. The van der Waals surface area contributed by atoms with E-state index in [1.54, 1.807) is 24.3 Å². The van der Waals surface area contributed by atoms with Gasteiger partial charge in [0.2, 0.25) is 11.8 Å². The highest BCUT2D eigenvalue weighted by atomic mass is 32.2. The van der Waals surface area contributed by atoms with Crippen LogP contribution in [0.25, 0.3) is 0 Å². The number of benzene rings is 3. The van der Waals surface area contributed by atoms with E-state index in [9.17, 15) is 18.0 Å². The molecule has 220 valence electrons. The molecule has 0 fully saturated rings. The summed E-state index contributed by atoms with van der Waals surface area (Å²) in [6, 6.07) is 18.0. The van der Waals surface area contributed by atoms with E-state index in [-0.39, 0.29) is 23.1 Å². The van der Waals surface area contributed by atoms with Gasteiger partial charge < -0.3 is 19.7 Å². The van der Waals surface area contributed by atoms with Gasteiger partial charge in [0.1, 0.15) is 12.6 Å². The zero-order valence-electron chi connectivity index (χ0n) is 24.5. The van der Waals surface area contributed by atoms with E-state index in [4.69, 9.17) is 9.47 Å². The third kappa shape index (κ3) is 7.38. The van der Waals surface area contributed by atoms with Gasteiger partial charge in [-0.3, -0.25) is 13.9 Å². The molecule has 2 amide bonds. The maximum absolute atomic E-state index is 14.1. The molecule has 0 heterocycles. The number of ether oxygens (including phenoxy) is 2. The second kappa shape index (κ2) is 14.0. The number of nitrogens with zero attached hydrogens (tertiary/aromatic N) is 2. The van der Waals surface area contributed by atoms with Crippen LogP contribution in [-0.4, -0.2) is 58.5 Å². The minimum absolute atomic E-state index is 0.0650. The van der Waals surface area contributed by atoms with Crippen LogP contribution in [0.1, 0.15) is 37.0 Å². The van der Waals surface area contributed by atoms with Crippen LogP contribution in [0.4, 0.5) is 5.69 Å². The van der Waals surface area contributed by atoms with Gasteiger partial charge in [0.05, 0.1) is 24.8 Å². The number of amides is 2. The minimum atomic E-state index is -4.25. The van der Waals surface area contributed by atoms with Crippen molar-refractivity contribution in [2.75, 3.05) is 31.6 Å². The van der Waals surface area contributed by atoms with E-state index in [2.05, 4.69) is 5.32 Å². The zero-order chi connectivity index (χ0) is 30.2. The lowest BCUT2D eigenvalue weighted by atomic mass is 10.1. The zero-order valence-corrected chi connectivity index (χ0v) is 25.3. The molecule has 1 N–H and O–H groups in total. The first-order chi connectivity index (χ1) is 19.6. The summed E-state index contributed by atoms with van der Waals surface area (Å²) in [5.74, 6) is -0.175. The average molecular weight is 582 g/mol. The van der Waals surface area contributed by atoms with Gasteiger partial charge in [-0.25, -0.2) is 8.42 Å². The number of carbonyl (C=O) groups excluding carboxylic acids is 2. The smallest absolute Gasteiger partial charge is 0.264 e. The average Bonchev–Trinajstić information content (AvgIpc) is 2.96. The number of methoxy groups -OCH3 is 2. The summed E-state index contributed by atoms with van der Waals surface area (Å²) in [5, 5.41) is 2.81. The molecule has 0 aromatic heterocycles. The van der Waals surface area contributed by atoms with Crippen molar-refractivity contribution >= 4 is 27.5 Å². The summed E-state index contributed by atoms with van der Waals surface area (Å²) in [4.78, 5) is 28.6. The molecule has 9 nitrogen and oxygen atoms in total. The van der Waals surface area contributed by atoms with Crippen LogP contribution in [0.5, 0.6) is 11.5 Å². The molecule has 0 saturated heterocycles. The molecule has 3 aromatic rings. The number of nitrogens with one attached hydrogen (secondary N) is 1. The van der Waals surface area contributed by atoms with Gasteiger partial charge in [-0.1, -0.05) is 48.9 Å². The van der Waals surface area contributed by atoms with Crippen LogP contribution >= 0.6 is 0 Å². The van der Waals surface area contributed by atoms with E-state index in [1.165, 1.54) is 37.3 Å². The SMILES string of the molecule is CCNC(=O)C(CC)N(Cc1ccccc1C)C(=O)CN(c1ccc(C)cc1)S(=O)(=O)c1ccc(OC)c(OC)c1. The van der Waals surface area contributed by atoms with E-state index in [0.29, 0.717) is 24.4 Å². The number of anilines is 1. The van der Waals surface area contributed by atoms with Crippen LogP contribution in [-0.2, 0) is 26.2 Å². The second-order valence-corrected chi connectivity index (χ2v) is 11.5. The summed E-state index contributed by atoms with van der Waals surface area (Å²) in [6.07, 6.45) is 0.358. The number of hydrogen-bond acceptors (Lipinski definition) is 6. The first kappa shape index (κ1) is 31.5. The van der Waals surface area contributed by atoms with Crippen molar-refractivity contribution in [2.24, 2.45) is 0 Å². The molecule has 3 aromatic carbocycles. The highest BCUT2D eigenvalue weighted by Gasteiger charge is 2.34. The Labute approximate surface area is 243 Å². The lowest BCUT2D eigenvalue weighted by molar-refractivity contribution is -0.140. The Kier molecular flexibility index (Phi) is 10.8. The predicted octanol–water partition coefficient (Wildman–Crippen LogP) is 4.46.